The molecule has 114 valence electrons. The first-order chi connectivity index (χ1) is 9.43. The van der Waals surface area contributed by atoms with E-state index in [1.54, 1.807) is 0 Å². The van der Waals surface area contributed by atoms with Gasteiger partial charge in [0.25, 0.3) is 0 Å². The second kappa shape index (κ2) is 8.40. The van der Waals surface area contributed by atoms with Crippen molar-refractivity contribution in [2.45, 2.75) is 32.4 Å². The number of nitrogens with zero attached hydrogens (tertiary/aromatic N) is 2. The van der Waals surface area contributed by atoms with Crippen LogP contribution in [0.25, 0.3) is 0 Å². The lowest BCUT2D eigenvalue weighted by Crippen LogP contribution is -2.44. The molecule has 0 heterocycles. The molecular formula is C17H31N3. The molecule has 1 rings (SSSR count). The highest BCUT2D eigenvalue weighted by Crippen LogP contribution is 2.23. The lowest BCUT2D eigenvalue weighted by molar-refractivity contribution is 0.157. The highest BCUT2D eigenvalue weighted by Gasteiger charge is 2.26. The highest BCUT2D eigenvalue weighted by molar-refractivity contribution is 5.20. The number of nitrogens with two attached hydrogens (primary N) is 1. The molecule has 1 aromatic rings. The van der Waals surface area contributed by atoms with Crippen LogP contribution in [0.15, 0.2) is 30.3 Å². The van der Waals surface area contributed by atoms with Crippen LogP contribution in [0.4, 0.5) is 0 Å². The van der Waals surface area contributed by atoms with Gasteiger partial charge in [0.05, 0.1) is 0 Å². The van der Waals surface area contributed by atoms with Crippen molar-refractivity contribution in [1.29, 1.82) is 0 Å². The van der Waals surface area contributed by atoms with Gasteiger partial charge < -0.3 is 15.5 Å². The van der Waals surface area contributed by atoms with Crippen molar-refractivity contribution in [3.63, 3.8) is 0 Å². The van der Waals surface area contributed by atoms with Crippen molar-refractivity contribution in [3.05, 3.63) is 35.9 Å². The van der Waals surface area contributed by atoms with Crippen molar-refractivity contribution in [2.24, 2.45) is 11.7 Å². The van der Waals surface area contributed by atoms with E-state index < -0.39 is 0 Å². The molecule has 3 nitrogen and oxygen atoms in total. The smallest absolute Gasteiger partial charge is 0.0455 e. The molecular weight excluding hydrogens is 246 g/mol. The summed E-state index contributed by atoms with van der Waals surface area (Å²) in [6.45, 7) is 6.73. The van der Waals surface area contributed by atoms with E-state index in [1.807, 2.05) is 6.07 Å². The SMILES string of the molecule is CC(C)C(C(N)c1ccccc1)N(C)CCCN(C)C. The molecule has 0 fully saturated rings. The predicted molar refractivity (Wildman–Crippen MR) is 87.8 cm³/mol. The maximum atomic E-state index is 6.52. The summed E-state index contributed by atoms with van der Waals surface area (Å²) in [6, 6.07) is 10.9. The zero-order valence-corrected chi connectivity index (χ0v) is 13.7. The van der Waals surface area contributed by atoms with Crippen LogP contribution in [-0.4, -0.2) is 50.1 Å². The summed E-state index contributed by atoms with van der Waals surface area (Å²) >= 11 is 0. The van der Waals surface area contributed by atoms with E-state index in [0.29, 0.717) is 12.0 Å². The van der Waals surface area contributed by atoms with Gasteiger partial charge >= 0.3 is 0 Å². The molecule has 2 N–H and O–H groups in total. The van der Waals surface area contributed by atoms with Crippen molar-refractivity contribution in [2.75, 3.05) is 34.2 Å². The average molecular weight is 277 g/mol. The fourth-order valence-electron chi connectivity index (χ4n) is 2.86. The summed E-state index contributed by atoms with van der Waals surface area (Å²) in [5, 5.41) is 0. The lowest BCUT2D eigenvalue weighted by atomic mass is 9.90. The second-order valence-corrected chi connectivity index (χ2v) is 6.31. The zero-order chi connectivity index (χ0) is 15.1. The number of hydrogen-bond donors (Lipinski definition) is 1. The molecule has 0 aliphatic heterocycles. The molecule has 0 aliphatic rings. The normalized spacial score (nSPS) is 15.1. The summed E-state index contributed by atoms with van der Waals surface area (Å²) in [4.78, 5) is 4.65. The Kier molecular flexibility index (Phi) is 7.20. The maximum Gasteiger partial charge on any atom is 0.0455 e. The van der Waals surface area contributed by atoms with Crippen LogP contribution < -0.4 is 5.73 Å². The molecule has 0 aromatic heterocycles. The predicted octanol–water partition coefficient (Wildman–Crippen LogP) is 2.59. The Morgan fingerprint density at radius 2 is 1.60 bits per heavy atom. The zero-order valence-electron chi connectivity index (χ0n) is 13.7. The van der Waals surface area contributed by atoms with Crippen molar-refractivity contribution in [3.8, 4) is 0 Å². The van der Waals surface area contributed by atoms with Gasteiger partial charge in [-0.2, -0.15) is 0 Å². The van der Waals surface area contributed by atoms with E-state index in [1.165, 1.54) is 12.0 Å². The van der Waals surface area contributed by atoms with Crippen molar-refractivity contribution < 1.29 is 0 Å². The van der Waals surface area contributed by atoms with E-state index in [0.717, 1.165) is 13.1 Å². The molecule has 2 unspecified atom stereocenters. The summed E-state index contributed by atoms with van der Waals surface area (Å²) in [5.74, 6) is 0.537. The van der Waals surface area contributed by atoms with Crippen LogP contribution in [0.3, 0.4) is 0 Å². The van der Waals surface area contributed by atoms with Gasteiger partial charge in [0.2, 0.25) is 0 Å². The van der Waals surface area contributed by atoms with Gasteiger partial charge in [-0.15, -0.1) is 0 Å². The molecule has 0 radical (unpaired) electrons. The topological polar surface area (TPSA) is 32.5 Å². The third kappa shape index (κ3) is 5.23. The Morgan fingerprint density at radius 1 is 1.00 bits per heavy atom. The Hall–Kier alpha value is -0.900. The monoisotopic (exact) mass is 277 g/mol. The van der Waals surface area contributed by atoms with Crippen LogP contribution in [0.5, 0.6) is 0 Å². The van der Waals surface area contributed by atoms with Crippen molar-refractivity contribution in [1.82, 2.24) is 9.80 Å². The van der Waals surface area contributed by atoms with Gasteiger partial charge in [-0.05, 0) is 52.1 Å². The van der Waals surface area contributed by atoms with E-state index >= 15 is 0 Å². The number of rotatable bonds is 8. The molecule has 3 heteroatoms. The molecule has 0 amide bonds. The average Bonchev–Trinajstić information content (AvgIpc) is 2.39. The second-order valence-electron chi connectivity index (χ2n) is 6.31. The van der Waals surface area contributed by atoms with Gasteiger partial charge in [-0.3, -0.25) is 0 Å². The van der Waals surface area contributed by atoms with Gasteiger partial charge in [-0.25, -0.2) is 0 Å². The van der Waals surface area contributed by atoms with Crippen LogP contribution in [0.1, 0.15) is 31.9 Å². The van der Waals surface area contributed by atoms with Crippen LogP contribution >= 0.6 is 0 Å². The molecule has 0 aliphatic carbocycles. The summed E-state index contributed by atoms with van der Waals surface area (Å²) in [6.07, 6.45) is 1.17. The van der Waals surface area contributed by atoms with Gasteiger partial charge in [0.1, 0.15) is 0 Å². The molecule has 2 atom stereocenters. The molecule has 0 spiro atoms. The van der Waals surface area contributed by atoms with Gasteiger partial charge in [0.15, 0.2) is 0 Å². The van der Waals surface area contributed by atoms with E-state index in [9.17, 15) is 0 Å². The van der Waals surface area contributed by atoms with Gasteiger partial charge in [0, 0.05) is 12.1 Å². The quantitative estimate of drug-likeness (QED) is 0.793. The molecule has 0 saturated heterocycles. The molecule has 0 bridgehead atoms. The minimum Gasteiger partial charge on any atom is -0.323 e. The van der Waals surface area contributed by atoms with Crippen molar-refractivity contribution >= 4 is 0 Å². The molecule has 20 heavy (non-hydrogen) atoms. The minimum atomic E-state index is 0.0700. The number of hydrogen-bond acceptors (Lipinski definition) is 3. The minimum absolute atomic E-state index is 0.0700. The maximum absolute atomic E-state index is 6.52. The van der Waals surface area contributed by atoms with Crippen LogP contribution in [-0.2, 0) is 0 Å². The van der Waals surface area contributed by atoms with Crippen LogP contribution in [0.2, 0.25) is 0 Å². The Bertz CT molecular complexity index is 362. The Balaban J connectivity index is 2.68. The first kappa shape index (κ1) is 17.2. The fraction of sp³-hybridized carbons (Fsp3) is 0.647. The largest absolute Gasteiger partial charge is 0.323 e. The Labute approximate surface area is 124 Å². The molecule has 1 aromatic carbocycles. The number of benzene rings is 1. The van der Waals surface area contributed by atoms with E-state index in [-0.39, 0.29) is 6.04 Å². The lowest BCUT2D eigenvalue weighted by Gasteiger charge is -2.36. The first-order valence-corrected chi connectivity index (χ1v) is 7.59. The van der Waals surface area contributed by atoms with E-state index in [2.05, 4.69) is 69.1 Å². The number of likely N-dealkylation sites (N-methyl/N-ethyl adjacent to an activating group) is 1. The third-order valence-electron chi connectivity index (χ3n) is 3.86. The standard InChI is InChI=1S/C17H31N3/c1-14(2)17(20(5)13-9-12-19(3)4)16(18)15-10-7-6-8-11-15/h6-8,10-11,14,16-17H,9,12-13,18H2,1-5H3. The van der Waals surface area contributed by atoms with Gasteiger partial charge in [-0.1, -0.05) is 44.2 Å². The summed E-state index contributed by atoms with van der Waals surface area (Å²) in [5.41, 5.74) is 7.75. The highest BCUT2D eigenvalue weighted by atomic mass is 15.2. The third-order valence-corrected chi connectivity index (χ3v) is 3.86. The first-order valence-electron chi connectivity index (χ1n) is 7.59. The summed E-state index contributed by atoms with van der Waals surface area (Å²) < 4.78 is 0. The van der Waals surface area contributed by atoms with Crippen LogP contribution in [0, 0.1) is 5.92 Å². The molecule has 0 saturated carbocycles. The van der Waals surface area contributed by atoms with E-state index in [4.69, 9.17) is 5.73 Å². The Morgan fingerprint density at radius 3 is 2.10 bits per heavy atom. The fourth-order valence-corrected chi connectivity index (χ4v) is 2.86. The summed E-state index contributed by atoms with van der Waals surface area (Å²) in [7, 11) is 6.44.